The molecule has 2 N–H and O–H groups in total. The Balaban J connectivity index is 2.51. The monoisotopic (exact) mass is 279 g/mol. The topological polar surface area (TPSA) is 41.5 Å². The Hall–Kier alpha value is -1.06. The SMILES string of the molecule is CCCNCc1cc(C)c(OCCCCCO)c(C)c1. The van der Waals surface area contributed by atoms with Gasteiger partial charge in [-0.3, -0.25) is 0 Å². The standard InChI is InChI=1S/C17H29NO2/c1-4-8-18-13-16-11-14(2)17(15(3)12-16)20-10-7-5-6-9-19/h11-12,18-19H,4-10,13H2,1-3H3. The number of aliphatic hydroxyl groups excluding tert-OH is 1. The van der Waals surface area contributed by atoms with Crippen molar-refractivity contribution in [3.05, 3.63) is 28.8 Å². The first-order valence-electron chi connectivity index (χ1n) is 7.73. The molecule has 0 radical (unpaired) electrons. The largest absolute Gasteiger partial charge is 0.493 e. The van der Waals surface area contributed by atoms with Gasteiger partial charge < -0.3 is 15.2 Å². The summed E-state index contributed by atoms with van der Waals surface area (Å²) in [5, 5.41) is 12.2. The van der Waals surface area contributed by atoms with Crippen molar-refractivity contribution in [1.82, 2.24) is 5.32 Å². The van der Waals surface area contributed by atoms with Gasteiger partial charge in [0.25, 0.3) is 0 Å². The van der Waals surface area contributed by atoms with E-state index in [4.69, 9.17) is 9.84 Å². The van der Waals surface area contributed by atoms with Gasteiger partial charge in [-0.1, -0.05) is 19.1 Å². The van der Waals surface area contributed by atoms with Crippen LogP contribution in [0, 0.1) is 13.8 Å². The van der Waals surface area contributed by atoms with E-state index >= 15 is 0 Å². The van der Waals surface area contributed by atoms with Gasteiger partial charge in [0, 0.05) is 13.2 Å². The molecule has 3 heteroatoms. The Kier molecular flexibility index (Phi) is 8.31. The molecule has 0 aliphatic heterocycles. The predicted octanol–water partition coefficient (Wildman–Crippen LogP) is 3.34. The first-order chi connectivity index (χ1) is 9.69. The number of hydrogen-bond acceptors (Lipinski definition) is 3. The van der Waals surface area contributed by atoms with Crippen molar-refractivity contribution in [2.45, 2.75) is 53.0 Å². The summed E-state index contributed by atoms with van der Waals surface area (Å²) in [4.78, 5) is 0. The molecule has 0 amide bonds. The third kappa shape index (κ3) is 5.93. The van der Waals surface area contributed by atoms with Crippen LogP contribution in [0.5, 0.6) is 5.75 Å². The first-order valence-corrected chi connectivity index (χ1v) is 7.73. The smallest absolute Gasteiger partial charge is 0.125 e. The molecule has 0 fully saturated rings. The van der Waals surface area contributed by atoms with E-state index in [0.717, 1.165) is 51.1 Å². The van der Waals surface area contributed by atoms with Crippen molar-refractivity contribution in [1.29, 1.82) is 0 Å². The first kappa shape index (κ1) is 17.0. The zero-order valence-electron chi connectivity index (χ0n) is 13.2. The number of ether oxygens (including phenoxy) is 1. The molecule has 114 valence electrons. The van der Waals surface area contributed by atoms with E-state index in [0.29, 0.717) is 0 Å². The van der Waals surface area contributed by atoms with Gasteiger partial charge in [-0.05, 0) is 62.8 Å². The predicted molar refractivity (Wildman–Crippen MR) is 84.3 cm³/mol. The maximum Gasteiger partial charge on any atom is 0.125 e. The second-order valence-electron chi connectivity index (χ2n) is 5.37. The lowest BCUT2D eigenvalue weighted by Gasteiger charge is -2.14. The van der Waals surface area contributed by atoms with E-state index in [1.54, 1.807) is 0 Å². The fraction of sp³-hybridized carbons (Fsp3) is 0.647. The van der Waals surface area contributed by atoms with Gasteiger partial charge in [-0.2, -0.15) is 0 Å². The van der Waals surface area contributed by atoms with Gasteiger partial charge in [-0.25, -0.2) is 0 Å². The Morgan fingerprint density at radius 2 is 1.80 bits per heavy atom. The molecule has 0 saturated heterocycles. The summed E-state index contributed by atoms with van der Waals surface area (Å²) in [6, 6.07) is 4.41. The van der Waals surface area contributed by atoms with E-state index in [1.165, 1.54) is 16.7 Å². The number of hydrogen-bond donors (Lipinski definition) is 2. The average Bonchev–Trinajstić information content (AvgIpc) is 2.41. The van der Waals surface area contributed by atoms with Crippen molar-refractivity contribution in [3.8, 4) is 5.75 Å². The van der Waals surface area contributed by atoms with Crippen LogP contribution in [0.2, 0.25) is 0 Å². The Morgan fingerprint density at radius 1 is 1.10 bits per heavy atom. The molecule has 1 aromatic rings. The fourth-order valence-corrected chi connectivity index (χ4v) is 2.34. The number of aliphatic hydroxyl groups is 1. The second kappa shape index (κ2) is 9.78. The van der Waals surface area contributed by atoms with Crippen LogP contribution in [0.25, 0.3) is 0 Å². The molecule has 0 atom stereocenters. The molecule has 3 nitrogen and oxygen atoms in total. The summed E-state index contributed by atoms with van der Waals surface area (Å²) in [5.41, 5.74) is 3.74. The minimum Gasteiger partial charge on any atom is -0.493 e. The highest BCUT2D eigenvalue weighted by Crippen LogP contribution is 2.25. The number of aryl methyl sites for hydroxylation is 2. The summed E-state index contributed by atoms with van der Waals surface area (Å²) in [7, 11) is 0. The lowest BCUT2D eigenvalue weighted by Crippen LogP contribution is -2.14. The van der Waals surface area contributed by atoms with E-state index in [9.17, 15) is 0 Å². The van der Waals surface area contributed by atoms with Crippen molar-refractivity contribution >= 4 is 0 Å². The molecule has 0 aliphatic rings. The van der Waals surface area contributed by atoms with Gasteiger partial charge in [0.05, 0.1) is 6.61 Å². The summed E-state index contributed by atoms with van der Waals surface area (Å²) < 4.78 is 5.89. The number of unbranched alkanes of at least 4 members (excludes halogenated alkanes) is 2. The molecule has 0 bridgehead atoms. The minimum atomic E-state index is 0.275. The second-order valence-corrected chi connectivity index (χ2v) is 5.37. The molecule has 20 heavy (non-hydrogen) atoms. The van der Waals surface area contributed by atoms with Crippen LogP contribution in [0.1, 0.15) is 49.3 Å². The van der Waals surface area contributed by atoms with Crippen LogP contribution in [0.3, 0.4) is 0 Å². The Labute approximate surface area is 123 Å². The maximum absolute atomic E-state index is 8.74. The number of benzene rings is 1. The van der Waals surface area contributed by atoms with Gasteiger partial charge in [0.2, 0.25) is 0 Å². The molecule has 0 aromatic heterocycles. The van der Waals surface area contributed by atoms with Gasteiger partial charge in [0.15, 0.2) is 0 Å². The van der Waals surface area contributed by atoms with Crippen LogP contribution in [0.4, 0.5) is 0 Å². The molecular formula is C17H29NO2. The molecule has 0 spiro atoms. The summed E-state index contributed by atoms with van der Waals surface area (Å²) in [5.74, 6) is 1.02. The van der Waals surface area contributed by atoms with Gasteiger partial charge >= 0.3 is 0 Å². The summed E-state index contributed by atoms with van der Waals surface area (Å²) in [6.07, 6.45) is 4.04. The molecule has 0 aliphatic carbocycles. The van der Waals surface area contributed by atoms with Crippen molar-refractivity contribution in [3.63, 3.8) is 0 Å². The molecule has 0 unspecified atom stereocenters. The van der Waals surface area contributed by atoms with E-state index in [2.05, 4.69) is 38.2 Å². The van der Waals surface area contributed by atoms with Gasteiger partial charge in [-0.15, -0.1) is 0 Å². The van der Waals surface area contributed by atoms with Crippen LogP contribution in [-0.4, -0.2) is 24.9 Å². The Bertz CT molecular complexity index is 368. The van der Waals surface area contributed by atoms with Crippen LogP contribution >= 0.6 is 0 Å². The normalized spacial score (nSPS) is 10.8. The van der Waals surface area contributed by atoms with Crippen molar-refractivity contribution < 1.29 is 9.84 Å². The Morgan fingerprint density at radius 3 is 2.40 bits per heavy atom. The molecule has 0 saturated carbocycles. The maximum atomic E-state index is 8.74. The zero-order chi connectivity index (χ0) is 14.8. The third-order valence-corrected chi connectivity index (χ3v) is 3.32. The summed E-state index contributed by atoms with van der Waals surface area (Å²) in [6.45, 7) is 9.39. The quantitative estimate of drug-likeness (QED) is 0.645. The fourth-order valence-electron chi connectivity index (χ4n) is 2.34. The van der Waals surface area contributed by atoms with Gasteiger partial charge in [0.1, 0.15) is 5.75 Å². The van der Waals surface area contributed by atoms with E-state index in [-0.39, 0.29) is 6.61 Å². The summed E-state index contributed by atoms with van der Waals surface area (Å²) >= 11 is 0. The van der Waals surface area contributed by atoms with Crippen LogP contribution in [-0.2, 0) is 6.54 Å². The number of nitrogens with one attached hydrogen (secondary N) is 1. The van der Waals surface area contributed by atoms with Crippen LogP contribution in [0.15, 0.2) is 12.1 Å². The highest BCUT2D eigenvalue weighted by molar-refractivity contribution is 5.43. The highest BCUT2D eigenvalue weighted by atomic mass is 16.5. The highest BCUT2D eigenvalue weighted by Gasteiger charge is 2.06. The lowest BCUT2D eigenvalue weighted by molar-refractivity contribution is 0.265. The van der Waals surface area contributed by atoms with E-state index < -0.39 is 0 Å². The third-order valence-electron chi connectivity index (χ3n) is 3.32. The zero-order valence-corrected chi connectivity index (χ0v) is 13.2. The average molecular weight is 279 g/mol. The van der Waals surface area contributed by atoms with Crippen LogP contribution < -0.4 is 10.1 Å². The molecule has 1 rings (SSSR count). The molecule has 1 aromatic carbocycles. The minimum absolute atomic E-state index is 0.275. The molecule has 0 heterocycles. The lowest BCUT2D eigenvalue weighted by atomic mass is 10.1. The van der Waals surface area contributed by atoms with E-state index in [1.807, 2.05) is 0 Å². The number of rotatable bonds is 10. The van der Waals surface area contributed by atoms with Crippen molar-refractivity contribution in [2.24, 2.45) is 0 Å². The van der Waals surface area contributed by atoms with Crippen molar-refractivity contribution in [2.75, 3.05) is 19.8 Å². The molecular weight excluding hydrogens is 250 g/mol.